The van der Waals surface area contributed by atoms with Crippen molar-refractivity contribution in [3.05, 3.63) is 99.6 Å². The Bertz CT molecular complexity index is 1350. The Morgan fingerprint density at radius 1 is 1.05 bits per heavy atom. The van der Waals surface area contributed by atoms with Crippen LogP contribution >= 0.6 is 0 Å². The molecule has 7 nitrogen and oxygen atoms in total. The van der Waals surface area contributed by atoms with Gasteiger partial charge in [0.05, 0.1) is 17.2 Å². The number of carboxylic acid groups (broad SMARTS) is 1. The van der Waals surface area contributed by atoms with Gasteiger partial charge in [0.25, 0.3) is 5.91 Å². The fraction of sp³-hybridized carbons (Fsp3) is 0.323. The number of nitriles is 1. The largest absolute Gasteiger partial charge is 0.489 e. The third-order valence-corrected chi connectivity index (χ3v) is 6.87. The number of hydrogen-bond donors (Lipinski definition) is 2. The summed E-state index contributed by atoms with van der Waals surface area (Å²) in [5.74, 6) is -0.613. The van der Waals surface area contributed by atoms with Crippen LogP contribution in [0.4, 0.5) is 0 Å². The molecule has 196 valence electrons. The van der Waals surface area contributed by atoms with Crippen LogP contribution in [0.1, 0.15) is 63.0 Å². The van der Waals surface area contributed by atoms with Crippen LogP contribution in [0.2, 0.25) is 0 Å². The van der Waals surface area contributed by atoms with E-state index in [4.69, 9.17) is 14.7 Å². The van der Waals surface area contributed by atoms with Gasteiger partial charge in [-0.1, -0.05) is 47.5 Å². The lowest BCUT2D eigenvalue weighted by Gasteiger charge is -2.39. The molecule has 3 aromatic carbocycles. The van der Waals surface area contributed by atoms with Gasteiger partial charge in [-0.25, -0.2) is 0 Å². The molecule has 0 spiro atoms. The van der Waals surface area contributed by atoms with Gasteiger partial charge in [-0.05, 0) is 74.1 Å². The van der Waals surface area contributed by atoms with E-state index in [9.17, 15) is 14.7 Å². The van der Waals surface area contributed by atoms with E-state index in [1.165, 1.54) is 0 Å². The molecular weight excluding hydrogens is 480 g/mol. The molecular formula is C31H32N2O5. The minimum Gasteiger partial charge on any atom is -0.489 e. The Labute approximate surface area is 223 Å². The van der Waals surface area contributed by atoms with Gasteiger partial charge in [0.2, 0.25) is 0 Å². The van der Waals surface area contributed by atoms with E-state index >= 15 is 0 Å². The summed E-state index contributed by atoms with van der Waals surface area (Å²) in [5, 5.41) is 21.7. The van der Waals surface area contributed by atoms with Crippen molar-refractivity contribution in [2.24, 2.45) is 0 Å². The number of ether oxygens (including phenoxy) is 2. The minimum absolute atomic E-state index is 0.0763. The lowest BCUT2D eigenvalue weighted by atomic mass is 9.81. The zero-order chi connectivity index (χ0) is 27.1. The average molecular weight is 513 g/mol. The zero-order valence-electron chi connectivity index (χ0n) is 21.8. The van der Waals surface area contributed by atoms with Crippen molar-refractivity contribution < 1.29 is 24.2 Å². The molecule has 0 aliphatic carbocycles. The van der Waals surface area contributed by atoms with Gasteiger partial charge in [0.1, 0.15) is 12.4 Å². The molecule has 7 heteroatoms. The van der Waals surface area contributed by atoms with E-state index in [2.05, 4.69) is 29.6 Å². The van der Waals surface area contributed by atoms with Crippen molar-refractivity contribution in [1.29, 1.82) is 5.26 Å². The maximum Gasteiger partial charge on any atom is 0.303 e. The second-order valence-electron chi connectivity index (χ2n) is 9.84. The van der Waals surface area contributed by atoms with Gasteiger partial charge in [-0.3, -0.25) is 9.59 Å². The van der Waals surface area contributed by atoms with Crippen molar-refractivity contribution in [3.63, 3.8) is 0 Å². The third-order valence-electron chi connectivity index (χ3n) is 6.87. The molecule has 38 heavy (non-hydrogen) atoms. The van der Waals surface area contributed by atoms with Crippen LogP contribution < -0.4 is 10.1 Å². The summed E-state index contributed by atoms with van der Waals surface area (Å²) in [6.07, 6.45) is 1.45. The van der Waals surface area contributed by atoms with Crippen molar-refractivity contribution >= 4 is 11.9 Å². The van der Waals surface area contributed by atoms with Gasteiger partial charge in [0.15, 0.2) is 0 Å². The lowest BCUT2D eigenvalue weighted by molar-refractivity contribution is -0.136. The van der Waals surface area contributed by atoms with Gasteiger partial charge in [0, 0.05) is 25.2 Å². The standard InChI is InChI=1S/C31H32N2O5/c1-21-14-22(2)16-26(15-21)31(10-12-37-13-11-31)33-30(36)28-18-24(6-7-25(28)8-9-29(34)35)20-38-27-5-3-4-23(17-27)19-32/h3-7,14-18H,8-13,20H2,1-2H3,(H,33,36)(H,34,35). The molecule has 4 rings (SSSR count). The van der Waals surface area contributed by atoms with Gasteiger partial charge in [-0.2, -0.15) is 5.26 Å². The summed E-state index contributed by atoms with van der Waals surface area (Å²) in [6.45, 7) is 5.37. The Morgan fingerprint density at radius 3 is 2.47 bits per heavy atom. The second-order valence-corrected chi connectivity index (χ2v) is 9.84. The molecule has 0 radical (unpaired) electrons. The van der Waals surface area contributed by atoms with E-state index in [-0.39, 0.29) is 25.4 Å². The number of rotatable bonds is 9. The van der Waals surface area contributed by atoms with Gasteiger partial charge in [-0.15, -0.1) is 0 Å². The molecule has 0 atom stereocenters. The highest BCUT2D eigenvalue weighted by Crippen LogP contribution is 2.34. The SMILES string of the molecule is Cc1cc(C)cc(C2(NC(=O)c3cc(COc4cccc(C#N)c4)ccc3CCC(=O)O)CCOCC2)c1. The summed E-state index contributed by atoms with van der Waals surface area (Å²) in [5.41, 5.74) is 5.10. The Morgan fingerprint density at radius 2 is 1.79 bits per heavy atom. The number of aliphatic carboxylic acids is 1. The molecule has 0 aromatic heterocycles. The Balaban J connectivity index is 1.64. The summed E-state index contributed by atoms with van der Waals surface area (Å²) in [4.78, 5) is 25.2. The van der Waals surface area contributed by atoms with Crippen molar-refractivity contribution in [2.75, 3.05) is 13.2 Å². The Kier molecular flexibility index (Phi) is 8.45. The van der Waals surface area contributed by atoms with E-state index in [0.717, 1.165) is 22.3 Å². The van der Waals surface area contributed by atoms with Crippen LogP contribution in [-0.4, -0.2) is 30.2 Å². The topological polar surface area (TPSA) is 109 Å². The molecule has 1 heterocycles. The quantitative estimate of drug-likeness (QED) is 0.408. The number of amides is 1. The van der Waals surface area contributed by atoms with Crippen molar-refractivity contribution in [2.45, 2.75) is 51.7 Å². The fourth-order valence-electron chi connectivity index (χ4n) is 4.95. The molecule has 0 bridgehead atoms. The molecule has 1 aliphatic heterocycles. The predicted octanol–water partition coefficient (Wildman–Crippen LogP) is 5.21. The first-order chi connectivity index (χ1) is 18.3. The number of carbonyl (C=O) groups is 2. The molecule has 1 amide bonds. The second kappa shape index (κ2) is 11.9. The van der Waals surface area contributed by atoms with Crippen molar-refractivity contribution in [3.8, 4) is 11.8 Å². The van der Waals surface area contributed by atoms with Crippen LogP contribution in [0.15, 0.2) is 60.7 Å². The smallest absolute Gasteiger partial charge is 0.303 e. The summed E-state index contributed by atoms with van der Waals surface area (Å²) in [7, 11) is 0. The number of nitrogens with zero attached hydrogens (tertiary/aromatic N) is 1. The maximum atomic E-state index is 13.9. The summed E-state index contributed by atoms with van der Waals surface area (Å²) < 4.78 is 11.5. The molecule has 2 N–H and O–H groups in total. The first-order valence-electron chi connectivity index (χ1n) is 12.7. The zero-order valence-corrected chi connectivity index (χ0v) is 21.8. The van der Waals surface area contributed by atoms with E-state index in [0.29, 0.717) is 48.5 Å². The maximum absolute atomic E-state index is 13.9. The van der Waals surface area contributed by atoms with E-state index in [1.807, 2.05) is 19.9 Å². The van der Waals surface area contributed by atoms with Crippen LogP contribution in [0.5, 0.6) is 5.75 Å². The highest BCUT2D eigenvalue weighted by atomic mass is 16.5. The molecule has 1 fully saturated rings. The van der Waals surface area contributed by atoms with Crippen LogP contribution in [0.25, 0.3) is 0 Å². The van der Waals surface area contributed by atoms with E-state index in [1.54, 1.807) is 36.4 Å². The number of hydrogen-bond acceptors (Lipinski definition) is 5. The molecule has 0 saturated carbocycles. The first-order valence-corrected chi connectivity index (χ1v) is 12.7. The van der Waals surface area contributed by atoms with Crippen LogP contribution in [0, 0.1) is 25.2 Å². The molecule has 3 aromatic rings. The highest BCUT2D eigenvalue weighted by Gasteiger charge is 2.37. The fourth-order valence-corrected chi connectivity index (χ4v) is 4.95. The number of benzene rings is 3. The molecule has 1 saturated heterocycles. The van der Waals surface area contributed by atoms with Crippen LogP contribution in [0.3, 0.4) is 0 Å². The van der Waals surface area contributed by atoms with E-state index < -0.39 is 11.5 Å². The minimum atomic E-state index is -0.919. The summed E-state index contributed by atoms with van der Waals surface area (Å²) in [6, 6.07) is 20.7. The Hall–Kier alpha value is -4.15. The lowest BCUT2D eigenvalue weighted by Crippen LogP contribution is -2.49. The van der Waals surface area contributed by atoms with Gasteiger partial charge < -0.3 is 19.9 Å². The van der Waals surface area contributed by atoms with Crippen molar-refractivity contribution in [1.82, 2.24) is 5.32 Å². The monoisotopic (exact) mass is 512 g/mol. The highest BCUT2D eigenvalue weighted by molar-refractivity contribution is 5.96. The van der Waals surface area contributed by atoms with Crippen LogP contribution in [-0.2, 0) is 28.1 Å². The number of carbonyl (C=O) groups excluding carboxylic acids is 1. The number of nitrogens with one attached hydrogen (secondary N) is 1. The number of carboxylic acids is 1. The first kappa shape index (κ1) is 26.9. The average Bonchev–Trinajstić information content (AvgIpc) is 2.91. The summed E-state index contributed by atoms with van der Waals surface area (Å²) >= 11 is 0. The normalized spacial score (nSPS) is 14.3. The van der Waals surface area contributed by atoms with Gasteiger partial charge >= 0.3 is 5.97 Å². The molecule has 1 aliphatic rings. The number of aryl methyl sites for hydroxylation is 3. The predicted molar refractivity (Wildman–Crippen MR) is 143 cm³/mol. The molecule has 0 unspecified atom stereocenters. The third kappa shape index (κ3) is 6.58.